The average molecular weight is 318 g/mol. The minimum atomic E-state index is -0.526. The minimum Gasteiger partial charge on any atom is -0.278 e. The molecule has 1 N–H and O–H groups in total. The van der Waals surface area contributed by atoms with Gasteiger partial charge in [-0.25, -0.2) is 9.18 Å². The molecule has 0 bridgehead atoms. The van der Waals surface area contributed by atoms with Crippen molar-refractivity contribution in [2.24, 2.45) is 7.05 Å². The van der Waals surface area contributed by atoms with Gasteiger partial charge in [-0.15, -0.1) is 0 Å². The molecule has 2 heterocycles. The van der Waals surface area contributed by atoms with Crippen LogP contribution in [-0.2, 0) is 17.3 Å². The summed E-state index contributed by atoms with van der Waals surface area (Å²) in [5.41, 5.74) is 1.01. The van der Waals surface area contributed by atoms with Gasteiger partial charge in [0.1, 0.15) is 5.82 Å². The van der Waals surface area contributed by atoms with Gasteiger partial charge >= 0.3 is 6.03 Å². The molecular weight excluding hydrogens is 299 g/mol. The maximum Gasteiger partial charge on any atom is 0.329 e. The van der Waals surface area contributed by atoms with Gasteiger partial charge in [0.25, 0.3) is 0 Å². The number of fused-ring (bicyclic) bond motifs is 1. The van der Waals surface area contributed by atoms with Crippen molar-refractivity contribution in [3.05, 3.63) is 23.5 Å². The van der Waals surface area contributed by atoms with Crippen LogP contribution in [0.4, 0.5) is 15.0 Å². The Morgan fingerprint density at radius 2 is 1.96 bits per heavy atom. The molecule has 1 aliphatic rings. The molecular formula is C16H19FN4O2. The van der Waals surface area contributed by atoms with E-state index in [2.05, 4.69) is 10.4 Å². The predicted molar refractivity (Wildman–Crippen MR) is 84.9 cm³/mol. The highest BCUT2D eigenvalue weighted by atomic mass is 19.1. The lowest BCUT2D eigenvalue weighted by atomic mass is 9.86. The molecule has 1 aromatic heterocycles. The summed E-state index contributed by atoms with van der Waals surface area (Å²) in [7, 11) is 1.75. The third kappa shape index (κ3) is 2.56. The second-order valence-corrected chi connectivity index (χ2v) is 6.80. The molecule has 6 nitrogen and oxygen atoms in total. The molecule has 0 saturated carbocycles. The summed E-state index contributed by atoms with van der Waals surface area (Å²) in [6.07, 6.45) is 0.201. The van der Waals surface area contributed by atoms with E-state index in [0.29, 0.717) is 16.8 Å². The number of hydrogen-bond acceptors (Lipinski definition) is 3. The number of aromatic nitrogens is 2. The van der Waals surface area contributed by atoms with Crippen molar-refractivity contribution in [3.8, 4) is 0 Å². The quantitative estimate of drug-likeness (QED) is 0.878. The van der Waals surface area contributed by atoms with Gasteiger partial charge in [-0.1, -0.05) is 20.8 Å². The highest BCUT2D eigenvalue weighted by Gasteiger charge is 2.29. The topological polar surface area (TPSA) is 67.2 Å². The Hall–Kier alpha value is -2.44. The van der Waals surface area contributed by atoms with Crippen LogP contribution in [0.5, 0.6) is 0 Å². The number of urea groups is 1. The number of hydrogen-bond donors (Lipinski definition) is 1. The maximum absolute atomic E-state index is 14.5. The number of aryl methyl sites for hydroxylation is 1. The lowest BCUT2D eigenvalue weighted by molar-refractivity contribution is -0.120. The standard InChI is InChI=1S/C16H19FN4O2/c1-16(2,3)10-8-12-9(7-11(10)17)14(19-20(12)4)21-6-5-13(22)18-15(21)23/h7-8H,5-6H2,1-4H3,(H,18,22,23). The zero-order chi connectivity index (χ0) is 16.9. The molecule has 0 aliphatic carbocycles. The Morgan fingerprint density at radius 3 is 2.57 bits per heavy atom. The normalized spacial score (nSPS) is 16.1. The van der Waals surface area contributed by atoms with Gasteiger partial charge in [-0.3, -0.25) is 19.7 Å². The Labute approximate surface area is 133 Å². The second kappa shape index (κ2) is 5.04. The Morgan fingerprint density at radius 1 is 1.26 bits per heavy atom. The van der Waals surface area contributed by atoms with Crippen LogP contribution >= 0.6 is 0 Å². The molecule has 0 unspecified atom stereocenters. The fraction of sp³-hybridized carbons (Fsp3) is 0.438. The zero-order valence-corrected chi connectivity index (χ0v) is 13.6. The van der Waals surface area contributed by atoms with E-state index in [0.717, 1.165) is 5.52 Å². The molecule has 0 atom stereocenters. The predicted octanol–water partition coefficient (Wildman–Crippen LogP) is 2.46. The number of carbonyl (C=O) groups excluding carboxylic acids is 2. The van der Waals surface area contributed by atoms with E-state index in [4.69, 9.17) is 0 Å². The number of halogens is 1. The van der Waals surface area contributed by atoms with Gasteiger partial charge in [-0.05, 0) is 23.1 Å². The van der Waals surface area contributed by atoms with Crippen LogP contribution < -0.4 is 10.2 Å². The zero-order valence-electron chi connectivity index (χ0n) is 13.6. The molecule has 1 aromatic carbocycles. The smallest absolute Gasteiger partial charge is 0.278 e. The summed E-state index contributed by atoms with van der Waals surface area (Å²) in [5, 5.41) is 7.17. The molecule has 3 amide bonds. The largest absolute Gasteiger partial charge is 0.329 e. The van der Waals surface area contributed by atoms with Gasteiger partial charge in [0.05, 0.1) is 5.52 Å². The first-order valence-electron chi connectivity index (χ1n) is 7.46. The number of amides is 3. The van der Waals surface area contributed by atoms with Gasteiger partial charge in [0.15, 0.2) is 5.82 Å². The van der Waals surface area contributed by atoms with E-state index in [1.54, 1.807) is 17.8 Å². The number of imide groups is 1. The molecule has 3 rings (SSSR count). The summed E-state index contributed by atoms with van der Waals surface area (Å²) in [4.78, 5) is 24.7. The Balaban J connectivity index is 2.15. The van der Waals surface area contributed by atoms with Crippen molar-refractivity contribution in [3.63, 3.8) is 0 Å². The first kappa shape index (κ1) is 15.5. The third-order valence-electron chi connectivity index (χ3n) is 4.04. The molecule has 2 aromatic rings. The van der Waals surface area contributed by atoms with Gasteiger partial charge < -0.3 is 0 Å². The van der Waals surface area contributed by atoms with Gasteiger partial charge in [0.2, 0.25) is 5.91 Å². The van der Waals surface area contributed by atoms with E-state index in [1.807, 2.05) is 20.8 Å². The van der Waals surface area contributed by atoms with Crippen molar-refractivity contribution in [1.29, 1.82) is 0 Å². The highest BCUT2D eigenvalue weighted by Crippen LogP contribution is 2.33. The van der Waals surface area contributed by atoms with Crippen LogP contribution in [0.3, 0.4) is 0 Å². The van der Waals surface area contributed by atoms with Crippen LogP contribution in [0.25, 0.3) is 10.9 Å². The Bertz CT molecular complexity index is 820. The monoisotopic (exact) mass is 318 g/mol. The maximum atomic E-state index is 14.5. The minimum absolute atomic E-state index is 0.201. The SMILES string of the molecule is Cn1nc(N2CCC(=O)NC2=O)c2cc(F)c(C(C)(C)C)cc21. The number of anilines is 1. The second-order valence-electron chi connectivity index (χ2n) is 6.80. The summed E-state index contributed by atoms with van der Waals surface area (Å²) in [5.74, 6) is -0.271. The van der Waals surface area contributed by atoms with Crippen molar-refractivity contribution < 1.29 is 14.0 Å². The molecule has 7 heteroatoms. The van der Waals surface area contributed by atoms with E-state index in [-0.39, 0.29) is 30.1 Å². The molecule has 0 radical (unpaired) electrons. The van der Waals surface area contributed by atoms with Crippen molar-refractivity contribution in [2.75, 3.05) is 11.4 Å². The van der Waals surface area contributed by atoms with Crippen molar-refractivity contribution in [2.45, 2.75) is 32.6 Å². The van der Waals surface area contributed by atoms with Crippen LogP contribution in [0.2, 0.25) is 0 Å². The Kier molecular flexibility index (Phi) is 3.39. The molecule has 23 heavy (non-hydrogen) atoms. The highest BCUT2D eigenvalue weighted by molar-refractivity contribution is 6.08. The first-order chi connectivity index (χ1) is 10.7. The number of nitrogens with zero attached hydrogens (tertiary/aromatic N) is 3. The summed E-state index contributed by atoms with van der Waals surface area (Å²) >= 11 is 0. The fourth-order valence-corrected chi connectivity index (χ4v) is 2.80. The van der Waals surface area contributed by atoms with E-state index in [1.165, 1.54) is 11.0 Å². The number of nitrogens with one attached hydrogen (secondary N) is 1. The van der Waals surface area contributed by atoms with Crippen LogP contribution in [-0.4, -0.2) is 28.3 Å². The van der Waals surface area contributed by atoms with Crippen LogP contribution in [0.15, 0.2) is 12.1 Å². The van der Waals surface area contributed by atoms with E-state index >= 15 is 0 Å². The summed E-state index contributed by atoms with van der Waals surface area (Å²) < 4.78 is 16.1. The van der Waals surface area contributed by atoms with Crippen LogP contribution in [0.1, 0.15) is 32.8 Å². The molecule has 1 aliphatic heterocycles. The van der Waals surface area contributed by atoms with Gasteiger partial charge in [-0.2, -0.15) is 5.10 Å². The summed E-state index contributed by atoms with van der Waals surface area (Å²) in [6, 6.07) is 2.66. The molecule has 0 spiro atoms. The molecule has 122 valence electrons. The fourth-order valence-electron chi connectivity index (χ4n) is 2.80. The lowest BCUT2D eigenvalue weighted by Gasteiger charge is -2.25. The van der Waals surface area contributed by atoms with Gasteiger partial charge in [0, 0.05) is 25.4 Å². The lowest BCUT2D eigenvalue weighted by Crippen LogP contribution is -2.49. The third-order valence-corrected chi connectivity index (χ3v) is 4.04. The molecule has 1 fully saturated rings. The number of benzene rings is 1. The van der Waals surface area contributed by atoms with Crippen molar-refractivity contribution in [1.82, 2.24) is 15.1 Å². The average Bonchev–Trinajstić information content (AvgIpc) is 2.73. The number of carbonyl (C=O) groups is 2. The number of rotatable bonds is 1. The summed E-state index contributed by atoms with van der Waals surface area (Å²) in [6.45, 7) is 6.06. The first-order valence-corrected chi connectivity index (χ1v) is 7.46. The van der Waals surface area contributed by atoms with E-state index in [9.17, 15) is 14.0 Å². The van der Waals surface area contributed by atoms with Crippen LogP contribution in [0, 0.1) is 5.82 Å². The van der Waals surface area contributed by atoms with Crippen molar-refractivity contribution >= 4 is 28.7 Å². The molecule has 1 saturated heterocycles. The van der Waals surface area contributed by atoms with E-state index < -0.39 is 6.03 Å².